The molecule has 2 aromatic carbocycles. The van der Waals surface area contributed by atoms with Gasteiger partial charge >= 0.3 is 0 Å². The SMILES string of the molecule is Cc1ccccc1Cn1cc(NC(=S)Nc2ccc(S(=O)(=O)Nc3ncccn3)cc2)cn1. The fourth-order valence-electron chi connectivity index (χ4n) is 3.02. The quantitative estimate of drug-likeness (QED) is 0.344. The van der Waals surface area contributed by atoms with E-state index in [-0.39, 0.29) is 10.8 Å². The molecular weight excluding hydrogens is 458 g/mol. The van der Waals surface area contributed by atoms with Crippen LogP contribution in [0.25, 0.3) is 0 Å². The second-order valence-electron chi connectivity index (χ2n) is 7.13. The molecule has 0 bridgehead atoms. The molecule has 0 atom stereocenters. The van der Waals surface area contributed by atoms with Gasteiger partial charge in [-0.3, -0.25) is 4.68 Å². The van der Waals surface area contributed by atoms with Crippen LogP contribution in [0.3, 0.4) is 0 Å². The fraction of sp³-hybridized carbons (Fsp3) is 0.0909. The van der Waals surface area contributed by atoms with Crippen molar-refractivity contribution in [3.63, 3.8) is 0 Å². The molecule has 2 aromatic heterocycles. The van der Waals surface area contributed by atoms with Gasteiger partial charge in [0.05, 0.1) is 23.3 Å². The van der Waals surface area contributed by atoms with Crippen LogP contribution >= 0.6 is 12.2 Å². The summed E-state index contributed by atoms with van der Waals surface area (Å²) in [5, 5.41) is 10.8. The van der Waals surface area contributed by atoms with Crippen molar-refractivity contribution in [1.82, 2.24) is 19.7 Å². The number of aryl methyl sites for hydroxylation is 1. The Balaban J connectivity index is 1.34. The van der Waals surface area contributed by atoms with E-state index in [9.17, 15) is 8.42 Å². The van der Waals surface area contributed by atoms with E-state index in [0.717, 1.165) is 5.69 Å². The molecule has 0 aliphatic heterocycles. The van der Waals surface area contributed by atoms with E-state index in [2.05, 4.69) is 49.5 Å². The number of thiocarbonyl (C=S) groups is 1. The summed E-state index contributed by atoms with van der Waals surface area (Å²) in [6, 6.07) is 15.9. The van der Waals surface area contributed by atoms with Crippen molar-refractivity contribution in [3.8, 4) is 0 Å². The van der Waals surface area contributed by atoms with Gasteiger partial charge in [-0.2, -0.15) is 5.10 Å². The number of hydrogen-bond acceptors (Lipinski definition) is 6. The maximum Gasteiger partial charge on any atom is 0.264 e. The molecule has 4 rings (SSSR count). The number of anilines is 3. The van der Waals surface area contributed by atoms with Crippen LogP contribution in [0.1, 0.15) is 11.1 Å². The summed E-state index contributed by atoms with van der Waals surface area (Å²) in [7, 11) is -3.80. The molecule has 33 heavy (non-hydrogen) atoms. The number of benzene rings is 2. The van der Waals surface area contributed by atoms with E-state index in [0.29, 0.717) is 17.3 Å². The molecule has 11 heteroatoms. The first-order valence-electron chi connectivity index (χ1n) is 9.94. The average molecular weight is 480 g/mol. The summed E-state index contributed by atoms with van der Waals surface area (Å²) < 4.78 is 29.1. The standard InChI is InChI=1S/C22H21N7O2S2/c1-16-5-2-3-6-17(16)14-29-15-19(13-25-29)27-22(32)26-18-7-9-20(10-8-18)33(30,31)28-21-23-11-4-12-24-21/h2-13,15H,14H2,1H3,(H,23,24,28)(H2,26,27,32). The molecule has 0 aliphatic carbocycles. The second kappa shape index (κ2) is 9.76. The Bertz CT molecular complexity index is 1360. The highest BCUT2D eigenvalue weighted by Gasteiger charge is 2.15. The summed E-state index contributed by atoms with van der Waals surface area (Å²) in [4.78, 5) is 7.82. The molecule has 0 fully saturated rings. The van der Waals surface area contributed by atoms with Crippen molar-refractivity contribution in [2.75, 3.05) is 15.4 Å². The van der Waals surface area contributed by atoms with Gasteiger partial charge in [-0.25, -0.2) is 23.1 Å². The van der Waals surface area contributed by atoms with Crippen molar-refractivity contribution in [2.45, 2.75) is 18.4 Å². The van der Waals surface area contributed by atoms with E-state index in [1.54, 1.807) is 24.4 Å². The minimum atomic E-state index is -3.80. The number of aromatic nitrogens is 4. The van der Waals surface area contributed by atoms with Gasteiger partial charge in [-0.15, -0.1) is 0 Å². The maximum absolute atomic E-state index is 12.5. The lowest BCUT2D eigenvalue weighted by Gasteiger charge is -2.10. The van der Waals surface area contributed by atoms with Crippen molar-refractivity contribution in [2.24, 2.45) is 0 Å². The smallest absolute Gasteiger partial charge is 0.264 e. The van der Waals surface area contributed by atoms with E-state index in [4.69, 9.17) is 12.2 Å². The number of hydrogen-bond donors (Lipinski definition) is 3. The molecular formula is C22H21N7O2S2. The minimum Gasteiger partial charge on any atom is -0.332 e. The van der Waals surface area contributed by atoms with Crippen molar-refractivity contribution < 1.29 is 8.42 Å². The third-order valence-electron chi connectivity index (χ3n) is 4.70. The van der Waals surface area contributed by atoms with Crippen LogP contribution in [0.5, 0.6) is 0 Å². The van der Waals surface area contributed by atoms with Gasteiger partial charge in [0.15, 0.2) is 5.11 Å². The van der Waals surface area contributed by atoms with Gasteiger partial charge in [0.1, 0.15) is 0 Å². The number of nitrogens with zero attached hydrogens (tertiary/aromatic N) is 4. The van der Waals surface area contributed by atoms with Gasteiger partial charge in [0.2, 0.25) is 5.95 Å². The zero-order valence-electron chi connectivity index (χ0n) is 17.6. The van der Waals surface area contributed by atoms with Crippen LogP contribution in [0.15, 0.2) is 84.3 Å². The molecule has 3 N–H and O–H groups in total. The molecule has 4 aromatic rings. The van der Waals surface area contributed by atoms with Gasteiger partial charge in [0, 0.05) is 24.3 Å². The Morgan fingerprint density at radius 1 is 0.970 bits per heavy atom. The molecule has 0 saturated heterocycles. The molecule has 0 amide bonds. The summed E-state index contributed by atoms with van der Waals surface area (Å²) in [5.41, 5.74) is 3.77. The fourth-order valence-corrected chi connectivity index (χ4v) is 4.21. The third-order valence-corrected chi connectivity index (χ3v) is 6.25. The molecule has 168 valence electrons. The van der Waals surface area contributed by atoms with Crippen molar-refractivity contribution in [1.29, 1.82) is 0 Å². The highest BCUT2D eigenvalue weighted by Crippen LogP contribution is 2.17. The van der Waals surface area contributed by atoms with Crippen LogP contribution in [0.2, 0.25) is 0 Å². The van der Waals surface area contributed by atoms with Crippen LogP contribution in [0, 0.1) is 6.92 Å². The van der Waals surface area contributed by atoms with Crippen LogP contribution in [0.4, 0.5) is 17.3 Å². The molecule has 0 saturated carbocycles. The predicted molar refractivity (Wildman–Crippen MR) is 132 cm³/mol. The highest BCUT2D eigenvalue weighted by atomic mass is 32.2. The summed E-state index contributed by atoms with van der Waals surface area (Å²) in [5.74, 6) is 0.00745. The van der Waals surface area contributed by atoms with Gasteiger partial charge in [0.25, 0.3) is 10.0 Å². The van der Waals surface area contributed by atoms with Gasteiger partial charge in [-0.05, 0) is 60.6 Å². The van der Waals surface area contributed by atoms with E-state index in [1.807, 2.05) is 23.0 Å². The third kappa shape index (κ3) is 5.90. The Labute approximate surface area is 197 Å². The highest BCUT2D eigenvalue weighted by molar-refractivity contribution is 7.92. The zero-order chi connectivity index (χ0) is 23.3. The molecule has 2 heterocycles. The summed E-state index contributed by atoms with van der Waals surface area (Å²) >= 11 is 5.36. The molecule has 9 nitrogen and oxygen atoms in total. The number of sulfonamides is 1. The van der Waals surface area contributed by atoms with Crippen LogP contribution < -0.4 is 15.4 Å². The lowest BCUT2D eigenvalue weighted by atomic mass is 10.1. The average Bonchev–Trinajstić information content (AvgIpc) is 3.22. The molecule has 0 unspecified atom stereocenters. The van der Waals surface area contributed by atoms with Crippen molar-refractivity contribution in [3.05, 3.63) is 90.5 Å². The lowest BCUT2D eigenvalue weighted by Crippen LogP contribution is -2.19. The minimum absolute atomic E-state index is 0.00745. The summed E-state index contributed by atoms with van der Waals surface area (Å²) in [6.45, 7) is 2.73. The molecule has 0 radical (unpaired) electrons. The normalized spacial score (nSPS) is 11.1. The molecule has 0 aliphatic rings. The first kappa shape index (κ1) is 22.4. The van der Waals surface area contributed by atoms with Crippen molar-refractivity contribution >= 4 is 44.7 Å². The lowest BCUT2D eigenvalue weighted by molar-refractivity contribution is 0.601. The molecule has 0 spiro atoms. The first-order valence-corrected chi connectivity index (χ1v) is 11.8. The monoisotopic (exact) mass is 479 g/mol. The van der Waals surface area contributed by atoms with Crippen LogP contribution in [-0.4, -0.2) is 33.3 Å². The Morgan fingerprint density at radius 3 is 2.39 bits per heavy atom. The van der Waals surface area contributed by atoms with E-state index in [1.165, 1.54) is 35.7 Å². The maximum atomic E-state index is 12.5. The van der Waals surface area contributed by atoms with Gasteiger partial charge < -0.3 is 10.6 Å². The Morgan fingerprint density at radius 2 is 1.67 bits per heavy atom. The van der Waals surface area contributed by atoms with Crippen LogP contribution in [-0.2, 0) is 16.6 Å². The predicted octanol–water partition coefficient (Wildman–Crippen LogP) is 3.64. The van der Waals surface area contributed by atoms with E-state index >= 15 is 0 Å². The number of rotatable bonds is 7. The Hall–Kier alpha value is -3.83. The summed E-state index contributed by atoms with van der Waals surface area (Å²) in [6.07, 6.45) is 6.48. The number of nitrogens with one attached hydrogen (secondary N) is 3. The zero-order valence-corrected chi connectivity index (χ0v) is 19.3. The largest absolute Gasteiger partial charge is 0.332 e. The van der Waals surface area contributed by atoms with E-state index < -0.39 is 10.0 Å². The first-order chi connectivity index (χ1) is 15.9. The second-order valence-corrected chi connectivity index (χ2v) is 9.23. The van der Waals surface area contributed by atoms with Gasteiger partial charge in [-0.1, -0.05) is 24.3 Å². The Kier molecular flexibility index (Phi) is 6.61. The topological polar surface area (TPSA) is 114 Å².